The van der Waals surface area contributed by atoms with Gasteiger partial charge >= 0.3 is 0 Å². The van der Waals surface area contributed by atoms with E-state index < -0.39 is 0 Å². The Morgan fingerprint density at radius 3 is 2.62 bits per heavy atom. The van der Waals surface area contributed by atoms with E-state index in [0.29, 0.717) is 40.5 Å². The maximum Gasteiger partial charge on any atom is 0.230 e. The Morgan fingerprint density at radius 2 is 1.83 bits per heavy atom. The van der Waals surface area contributed by atoms with Gasteiger partial charge in [-0.25, -0.2) is 19.2 Å². The van der Waals surface area contributed by atoms with Crippen molar-refractivity contribution in [2.45, 2.75) is 19.4 Å². The van der Waals surface area contributed by atoms with Gasteiger partial charge in [-0.2, -0.15) is 5.10 Å². The molecule has 0 fully saturated rings. The lowest BCUT2D eigenvalue weighted by molar-refractivity contribution is 0.126. The number of nitrogens with zero attached hydrogens (tertiary/aromatic N) is 7. The molecule has 7 rings (SSSR count). The molecular weight excluding hydrogens is 538 g/mol. The molecule has 0 spiro atoms. The summed E-state index contributed by atoms with van der Waals surface area (Å²) in [4.78, 5) is 14.9. The molecule has 42 heavy (non-hydrogen) atoms. The molecule has 1 aliphatic rings. The highest BCUT2D eigenvalue weighted by Gasteiger charge is 2.39. The first kappa shape index (κ1) is 25.3. The van der Waals surface area contributed by atoms with Gasteiger partial charge in [-0.15, -0.1) is 5.10 Å². The molecule has 4 aromatic heterocycles. The van der Waals surface area contributed by atoms with Gasteiger partial charge in [-0.1, -0.05) is 23.4 Å². The fraction of sp³-hybridized carbons (Fsp3) is 0.167. The van der Waals surface area contributed by atoms with Crippen LogP contribution in [0.15, 0.2) is 82.8 Å². The van der Waals surface area contributed by atoms with Crippen LogP contribution in [0.3, 0.4) is 0 Å². The van der Waals surface area contributed by atoms with E-state index in [2.05, 4.69) is 15.2 Å². The maximum absolute atomic E-state index is 6.41. The molecular formula is C30H25N7O5. The van der Waals surface area contributed by atoms with Gasteiger partial charge in [0.2, 0.25) is 11.8 Å². The number of methoxy groups -OCH3 is 2. The fourth-order valence-electron chi connectivity index (χ4n) is 5.09. The molecule has 0 N–H and O–H groups in total. The average Bonchev–Trinajstić information content (AvgIpc) is 3.78. The predicted molar refractivity (Wildman–Crippen MR) is 151 cm³/mol. The highest BCUT2D eigenvalue weighted by Crippen LogP contribution is 2.49. The molecule has 1 unspecified atom stereocenters. The largest absolute Gasteiger partial charge is 0.493 e. The van der Waals surface area contributed by atoms with Crippen LogP contribution in [0.4, 0.5) is 0 Å². The molecule has 6 aromatic rings. The summed E-state index contributed by atoms with van der Waals surface area (Å²) in [5.41, 5.74) is 4.63. The topological polar surface area (TPSA) is 123 Å². The summed E-state index contributed by atoms with van der Waals surface area (Å²) in [7, 11) is 3.17. The lowest BCUT2D eigenvalue weighted by Crippen LogP contribution is -2.15. The first-order valence-electron chi connectivity index (χ1n) is 13.1. The van der Waals surface area contributed by atoms with Crippen molar-refractivity contribution in [2.75, 3.05) is 14.2 Å². The van der Waals surface area contributed by atoms with Crippen molar-refractivity contribution < 1.29 is 23.5 Å². The summed E-state index contributed by atoms with van der Waals surface area (Å²) in [6, 6.07) is 19.1. The third kappa shape index (κ3) is 4.29. The standard InChI is InChI=1S/C30H25N7O5/c1-18-25-26(22-10-7-13-40-22)27-28-33-24(16-41-32-15-19-11-12-21(38-2)23(14-19)39-3)35-36(28)17-31-29(27)42-30(25)37(34-18)20-8-5-4-6-9-20/h4-15,17,26H,16H2,1-3H3. The van der Waals surface area contributed by atoms with Gasteiger partial charge in [0.05, 0.1) is 55.1 Å². The Kier molecular flexibility index (Phi) is 6.27. The van der Waals surface area contributed by atoms with Crippen LogP contribution in [0.2, 0.25) is 0 Å². The molecule has 12 heteroatoms. The number of benzene rings is 2. The Morgan fingerprint density at radius 1 is 0.976 bits per heavy atom. The molecule has 1 aliphatic heterocycles. The van der Waals surface area contributed by atoms with E-state index in [1.807, 2.05) is 55.5 Å². The van der Waals surface area contributed by atoms with Crippen LogP contribution >= 0.6 is 0 Å². The molecule has 0 amide bonds. The molecule has 210 valence electrons. The number of hydrogen-bond acceptors (Lipinski definition) is 10. The van der Waals surface area contributed by atoms with E-state index in [9.17, 15) is 0 Å². The highest BCUT2D eigenvalue weighted by molar-refractivity contribution is 5.80. The summed E-state index contributed by atoms with van der Waals surface area (Å²) in [6.07, 6.45) is 4.79. The third-order valence-electron chi connectivity index (χ3n) is 6.97. The summed E-state index contributed by atoms with van der Waals surface area (Å²) in [5.74, 6) is 2.99. The lowest BCUT2D eigenvalue weighted by atomic mass is 9.88. The van der Waals surface area contributed by atoms with Crippen LogP contribution in [0, 0.1) is 6.92 Å². The number of fused-ring (bicyclic) bond motifs is 4. The monoisotopic (exact) mass is 563 g/mol. The van der Waals surface area contributed by atoms with Crippen molar-refractivity contribution in [1.29, 1.82) is 0 Å². The molecule has 0 aliphatic carbocycles. The Hall–Kier alpha value is -5.65. The van der Waals surface area contributed by atoms with E-state index in [1.54, 1.807) is 54.4 Å². The first-order valence-corrected chi connectivity index (χ1v) is 13.1. The smallest absolute Gasteiger partial charge is 0.230 e. The third-order valence-corrected chi connectivity index (χ3v) is 6.97. The molecule has 0 saturated heterocycles. The van der Waals surface area contributed by atoms with Crippen LogP contribution in [0.25, 0.3) is 11.3 Å². The predicted octanol–water partition coefficient (Wildman–Crippen LogP) is 5.07. The quantitative estimate of drug-likeness (QED) is 0.184. The van der Waals surface area contributed by atoms with E-state index in [-0.39, 0.29) is 12.5 Å². The summed E-state index contributed by atoms with van der Waals surface area (Å²) < 4.78 is 26.3. The van der Waals surface area contributed by atoms with Crippen molar-refractivity contribution in [2.24, 2.45) is 5.16 Å². The minimum absolute atomic E-state index is 0.0444. The number of aryl methyl sites for hydroxylation is 1. The molecule has 5 heterocycles. The van der Waals surface area contributed by atoms with Crippen molar-refractivity contribution in [1.82, 2.24) is 29.4 Å². The molecule has 2 aromatic carbocycles. The number of oxime groups is 1. The maximum atomic E-state index is 6.41. The summed E-state index contributed by atoms with van der Waals surface area (Å²) in [6.45, 7) is 2.00. The van der Waals surface area contributed by atoms with Crippen LogP contribution in [-0.4, -0.2) is 49.8 Å². The second-order valence-electron chi connectivity index (χ2n) is 9.48. The fourth-order valence-corrected chi connectivity index (χ4v) is 5.09. The van der Waals surface area contributed by atoms with Gasteiger partial charge in [0.1, 0.15) is 12.1 Å². The van der Waals surface area contributed by atoms with Gasteiger partial charge < -0.3 is 23.5 Å². The van der Waals surface area contributed by atoms with Gasteiger partial charge in [0.25, 0.3) is 0 Å². The lowest BCUT2D eigenvalue weighted by Gasteiger charge is -2.24. The van der Waals surface area contributed by atoms with E-state index >= 15 is 0 Å². The average molecular weight is 564 g/mol. The number of para-hydroxylation sites is 1. The van der Waals surface area contributed by atoms with Crippen molar-refractivity contribution in [3.63, 3.8) is 0 Å². The van der Waals surface area contributed by atoms with Gasteiger partial charge in [-0.05, 0) is 49.4 Å². The van der Waals surface area contributed by atoms with Crippen LogP contribution in [-0.2, 0) is 11.4 Å². The van der Waals surface area contributed by atoms with Crippen molar-refractivity contribution in [3.8, 4) is 28.9 Å². The van der Waals surface area contributed by atoms with Gasteiger partial charge in [0, 0.05) is 5.56 Å². The molecule has 0 saturated carbocycles. The molecule has 0 radical (unpaired) electrons. The normalized spacial score (nSPS) is 14.0. The molecule has 0 bridgehead atoms. The van der Waals surface area contributed by atoms with Crippen molar-refractivity contribution in [3.05, 3.63) is 107 Å². The van der Waals surface area contributed by atoms with Crippen LogP contribution in [0.5, 0.6) is 23.3 Å². The number of ether oxygens (including phenoxy) is 3. The first-order chi connectivity index (χ1) is 20.6. The second-order valence-corrected chi connectivity index (χ2v) is 9.48. The van der Waals surface area contributed by atoms with Crippen molar-refractivity contribution >= 4 is 11.9 Å². The summed E-state index contributed by atoms with van der Waals surface area (Å²) in [5, 5.41) is 13.5. The van der Waals surface area contributed by atoms with Crippen LogP contribution in [0.1, 0.15) is 39.9 Å². The Labute approximate surface area is 239 Å². The Bertz CT molecular complexity index is 1910. The SMILES string of the molecule is COc1ccc(C=NOCc2nc3c4c(ncn3n2)Oc2c(c(C)nn2-c2ccccc2)C4c2ccco2)cc1OC. The highest BCUT2D eigenvalue weighted by atomic mass is 16.6. The molecule has 1 atom stereocenters. The number of rotatable bonds is 8. The Balaban J connectivity index is 1.22. The number of hydrogen-bond donors (Lipinski definition) is 0. The number of furan rings is 1. The minimum atomic E-state index is -0.367. The van der Waals surface area contributed by atoms with E-state index in [4.69, 9.17) is 33.5 Å². The minimum Gasteiger partial charge on any atom is -0.493 e. The van der Waals surface area contributed by atoms with E-state index in [1.165, 1.54) is 0 Å². The van der Waals surface area contributed by atoms with Gasteiger partial charge in [0.15, 0.2) is 29.6 Å². The zero-order chi connectivity index (χ0) is 28.6. The van der Waals surface area contributed by atoms with Gasteiger partial charge in [-0.3, -0.25) is 0 Å². The second kappa shape index (κ2) is 10.4. The number of aromatic nitrogens is 6. The van der Waals surface area contributed by atoms with Crippen LogP contribution < -0.4 is 14.2 Å². The zero-order valence-corrected chi connectivity index (χ0v) is 23.0. The van der Waals surface area contributed by atoms with E-state index in [0.717, 1.165) is 28.1 Å². The molecule has 12 nitrogen and oxygen atoms in total. The zero-order valence-electron chi connectivity index (χ0n) is 23.0. The summed E-state index contributed by atoms with van der Waals surface area (Å²) >= 11 is 0.